The Bertz CT molecular complexity index is 715. The maximum absolute atomic E-state index is 12.0. The molecular formula is C14H12Cl2N2O4. The minimum atomic E-state index is -1.04. The third-order valence-corrected chi connectivity index (χ3v) is 3.22. The summed E-state index contributed by atoms with van der Waals surface area (Å²) in [5, 5.41) is 6.85. The molecule has 1 N–H and O–H groups in total. The number of hydrogen-bond acceptors (Lipinski definition) is 5. The Kier molecular flexibility index (Phi) is 5.05. The number of carbonyl (C=O) groups excluding carboxylic acids is 2. The lowest BCUT2D eigenvalue weighted by Gasteiger charge is -2.13. The number of nitrogens with zero attached hydrogens (tertiary/aromatic N) is 1. The lowest BCUT2D eigenvalue weighted by atomic mass is 10.3. The average molecular weight is 343 g/mol. The monoisotopic (exact) mass is 342 g/mol. The molecule has 1 atom stereocenters. The maximum atomic E-state index is 12.0. The van der Waals surface area contributed by atoms with Gasteiger partial charge in [-0.25, -0.2) is 4.79 Å². The highest BCUT2D eigenvalue weighted by Crippen LogP contribution is 2.25. The molecule has 2 aromatic rings. The van der Waals surface area contributed by atoms with Crippen LogP contribution in [-0.4, -0.2) is 23.1 Å². The Morgan fingerprint density at radius 3 is 2.64 bits per heavy atom. The molecule has 1 aromatic carbocycles. The number of aromatic nitrogens is 1. The van der Waals surface area contributed by atoms with E-state index in [0.29, 0.717) is 16.4 Å². The molecule has 0 unspecified atom stereocenters. The zero-order valence-electron chi connectivity index (χ0n) is 11.7. The quantitative estimate of drug-likeness (QED) is 0.860. The molecule has 0 radical (unpaired) electrons. The molecule has 0 aliphatic rings. The third kappa shape index (κ3) is 3.99. The number of carbonyl (C=O) groups is 2. The zero-order chi connectivity index (χ0) is 16.3. The number of amides is 1. The summed E-state index contributed by atoms with van der Waals surface area (Å²) in [4.78, 5) is 23.8. The standard InChI is InChI=1S/C14H12Cl2N2O4/c1-7-5-12(22-18-7)14(20)21-8(2)13(19)17-11-4-3-9(15)6-10(11)16/h3-6,8H,1-2H3,(H,17,19)/t8-/m1/s1. The molecule has 2 rings (SSSR count). The summed E-state index contributed by atoms with van der Waals surface area (Å²) in [5.74, 6) is -1.37. The van der Waals surface area contributed by atoms with E-state index in [1.54, 1.807) is 19.1 Å². The minimum Gasteiger partial charge on any atom is -0.447 e. The summed E-state index contributed by atoms with van der Waals surface area (Å²) in [5.41, 5.74) is 0.909. The van der Waals surface area contributed by atoms with E-state index >= 15 is 0 Å². The van der Waals surface area contributed by atoms with Crippen LogP contribution >= 0.6 is 23.2 Å². The second-order valence-electron chi connectivity index (χ2n) is 4.49. The Morgan fingerprint density at radius 1 is 1.32 bits per heavy atom. The first-order chi connectivity index (χ1) is 10.4. The fourth-order valence-corrected chi connectivity index (χ4v) is 2.01. The molecule has 0 saturated carbocycles. The molecule has 0 fully saturated rings. The van der Waals surface area contributed by atoms with Gasteiger partial charge in [-0.1, -0.05) is 28.4 Å². The van der Waals surface area contributed by atoms with Crippen molar-refractivity contribution in [3.05, 3.63) is 45.8 Å². The first-order valence-electron chi connectivity index (χ1n) is 6.27. The van der Waals surface area contributed by atoms with Crippen molar-refractivity contribution >= 4 is 40.8 Å². The van der Waals surface area contributed by atoms with Gasteiger partial charge in [0.1, 0.15) is 0 Å². The van der Waals surface area contributed by atoms with Gasteiger partial charge in [0.2, 0.25) is 5.76 Å². The van der Waals surface area contributed by atoms with E-state index in [2.05, 4.69) is 10.5 Å². The van der Waals surface area contributed by atoms with E-state index in [9.17, 15) is 9.59 Å². The lowest BCUT2D eigenvalue weighted by molar-refractivity contribution is -0.123. The van der Waals surface area contributed by atoms with Gasteiger partial charge in [-0.05, 0) is 32.0 Å². The highest BCUT2D eigenvalue weighted by molar-refractivity contribution is 6.36. The number of halogens is 2. The van der Waals surface area contributed by atoms with Crippen molar-refractivity contribution in [3.8, 4) is 0 Å². The normalized spacial score (nSPS) is 11.8. The number of nitrogens with one attached hydrogen (secondary N) is 1. The molecule has 116 valence electrons. The van der Waals surface area contributed by atoms with Gasteiger partial charge in [0.05, 0.1) is 16.4 Å². The van der Waals surface area contributed by atoms with Crippen molar-refractivity contribution < 1.29 is 18.8 Å². The number of rotatable bonds is 4. The Morgan fingerprint density at radius 2 is 2.05 bits per heavy atom. The largest absolute Gasteiger partial charge is 0.447 e. The van der Waals surface area contributed by atoms with Gasteiger partial charge in [0, 0.05) is 11.1 Å². The van der Waals surface area contributed by atoms with Crippen molar-refractivity contribution in [2.24, 2.45) is 0 Å². The van der Waals surface area contributed by atoms with Gasteiger partial charge >= 0.3 is 5.97 Å². The molecule has 0 aliphatic carbocycles. The van der Waals surface area contributed by atoms with Crippen molar-refractivity contribution in [1.29, 1.82) is 0 Å². The summed E-state index contributed by atoms with van der Waals surface area (Å²) in [6.45, 7) is 3.10. The van der Waals surface area contributed by atoms with Gasteiger partial charge in [0.25, 0.3) is 5.91 Å². The Hall–Kier alpha value is -2.05. The molecular weight excluding hydrogens is 331 g/mol. The SMILES string of the molecule is Cc1cc(C(=O)O[C@H](C)C(=O)Nc2ccc(Cl)cc2Cl)on1. The second kappa shape index (κ2) is 6.81. The van der Waals surface area contributed by atoms with Crippen molar-refractivity contribution in [2.75, 3.05) is 5.32 Å². The first kappa shape index (κ1) is 16.3. The van der Waals surface area contributed by atoms with Crippen LogP contribution in [0.1, 0.15) is 23.2 Å². The highest BCUT2D eigenvalue weighted by Gasteiger charge is 2.22. The van der Waals surface area contributed by atoms with Crippen LogP contribution in [0.4, 0.5) is 5.69 Å². The first-order valence-corrected chi connectivity index (χ1v) is 7.02. The van der Waals surface area contributed by atoms with Gasteiger partial charge in [-0.15, -0.1) is 0 Å². The fourth-order valence-electron chi connectivity index (χ4n) is 1.56. The van der Waals surface area contributed by atoms with Crippen molar-refractivity contribution in [1.82, 2.24) is 5.16 Å². The zero-order valence-corrected chi connectivity index (χ0v) is 13.2. The number of esters is 1. The van der Waals surface area contributed by atoms with Gasteiger partial charge in [0.15, 0.2) is 6.10 Å². The van der Waals surface area contributed by atoms with E-state index in [1.165, 1.54) is 19.1 Å². The van der Waals surface area contributed by atoms with E-state index in [-0.39, 0.29) is 10.8 Å². The minimum absolute atomic E-state index is 0.0679. The molecule has 0 aliphatic heterocycles. The van der Waals surface area contributed by atoms with Gasteiger partial charge in [-0.3, -0.25) is 4.79 Å². The molecule has 0 saturated heterocycles. The van der Waals surface area contributed by atoms with E-state index in [0.717, 1.165) is 0 Å². The number of ether oxygens (including phenoxy) is 1. The lowest BCUT2D eigenvalue weighted by Crippen LogP contribution is -2.30. The number of aryl methyl sites for hydroxylation is 1. The van der Waals surface area contributed by atoms with E-state index < -0.39 is 18.0 Å². The van der Waals surface area contributed by atoms with Crippen LogP contribution in [-0.2, 0) is 9.53 Å². The van der Waals surface area contributed by atoms with Crippen LogP contribution in [0.3, 0.4) is 0 Å². The topological polar surface area (TPSA) is 81.4 Å². The highest BCUT2D eigenvalue weighted by atomic mass is 35.5. The van der Waals surface area contributed by atoms with Crippen LogP contribution < -0.4 is 5.32 Å². The van der Waals surface area contributed by atoms with Crippen LogP contribution in [0.15, 0.2) is 28.8 Å². The summed E-state index contributed by atoms with van der Waals surface area (Å²) in [6, 6.07) is 6.05. The number of hydrogen-bond donors (Lipinski definition) is 1. The molecule has 8 heteroatoms. The predicted molar refractivity (Wildman–Crippen MR) is 81.2 cm³/mol. The van der Waals surface area contributed by atoms with Gasteiger partial charge in [-0.2, -0.15) is 0 Å². The smallest absolute Gasteiger partial charge is 0.377 e. The van der Waals surface area contributed by atoms with E-state index in [1.807, 2.05) is 0 Å². The second-order valence-corrected chi connectivity index (χ2v) is 5.34. The molecule has 6 nitrogen and oxygen atoms in total. The summed E-state index contributed by atoms with van der Waals surface area (Å²) in [7, 11) is 0. The summed E-state index contributed by atoms with van der Waals surface area (Å²) < 4.78 is 9.76. The molecule has 1 heterocycles. The molecule has 0 bridgehead atoms. The summed E-state index contributed by atoms with van der Waals surface area (Å²) >= 11 is 11.7. The Labute approximate surface area is 136 Å². The molecule has 1 aromatic heterocycles. The van der Waals surface area contributed by atoms with Crippen LogP contribution in [0, 0.1) is 6.92 Å². The molecule has 22 heavy (non-hydrogen) atoms. The fraction of sp³-hybridized carbons (Fsp3) is 0.214. The molecule has 1 amide bonds. The van der Waals surface area contributed by atoms with Gasteiger partial charge < -0.3 is 14.6 Å². The average Bonchev–Trinajstić information content (AvgIpc) is 2.88. The predicted octanol–water partition coefficient (Wildman–Crippen LogP) is 3.47. The van der Waals surface area contributed by atoms with Crippen LogP contribution in [0.2, 0.25) is 10.0 Å². The number of anilines is 1. The Balaban J connectivity index is 1.98. The third-order valence-electron chi connectivity index (χ3n) is 2.67. The van der Waals surface area contributed by atoms with Crippen LogP contribution in [0.5, 0.6) is 0 Å². The molecule has 0 spiro atoms. The maximum Gasteiger partial charge on any atom is 0.377 e. The number of benzene rings is 1. The van der Waals surface area contributed by atoms with Crippen LogP contribution in [0.25, 0.3) is 0 Å². The summed E-state index contributed by atoms with van der Waals surface area (Å²) in [6.07, 6.45) is -1.04. The van der Waals surface area contributed by atoms with E-state index in [4.69, 9.17) is 32.5 Å². The van der Waals surface area contributed by atoms with Crippen molar-refractivity contribution in [2.45, 2.75) is 20.0 Å². The van der Waals surface area contributed by atoms with Crippen molar-refractivity contribution in [3.63, 3.8) is 0 Å².